The summed E-state index contributed by atoms with van der Waals surface area (Å²) in [7, 11) is 0. The molecule has 0 bridgehead atoms. The summed E-state index contributed by atoms with van der Waals surface area (Å²) in [4.78, 5) is 39.5. The maximum Gasteiger partial charge on any atom is 0.335 e. The number of nitrogens with one attached hydrogen (secondary N) is 1. The molecule has 0 saturated heterocycles. The van der Waals surface area contributed by atoms with Gasteiger partial charge in [-0.25, -0.2) is 9.78 Å². The van der Waals surface area contributed by atoms with Gasteiger partial charge in [-0.15, -0.1) is 23.1 Å². The molecule has 3 aromatic rings. The first-order chi connectivity index (χ1) is 13.9. The minimum atomic E-state index is -1.06. The first-order valence-corrected chi connectivity index (χ1v) is 10.6. The molecule has 148 valence electrons. The Balaban J connectivity index is 1.55. The summed E-state index contributed by atoms with van der Waals surface area (Å²) in [6, 6.07) is 13.7. The molecule has 2 N–H and O–H groups in total. The smallest absolute Gasteiger partial charge is 0.335 e. The number of ketones is 1. The highest BCUT2D eigenvalue weighted by atomic mass is 35.5. The molecule has 0 aliphatic carbocycles. The van der Waals surface area contributed by atoms with Gasteiger partial charge in [0.1, 0.15) is 0 Å². The molecule has 0 saturated carbocycles. The van der Waals surface area contributed by atoms with Crippen LogP contribution in [0.1, 0.15) is 31.3 Å². The molecule has 0 atom stereocenters. The van der Waals surface area contributed by atoms with Crippen LogP contribution in [0.2, 0.25) is 5.02 Å². The highest BCUT2D eigenvalue weighted by molar-refractivity contribution is 8.00. The van der Waals surface area contributed by atoms with Crippen LogP contribution in [0.3, 0.4) is 0 Å². The van der Waals surface area contributed by atoms with Crippen LogP contribution < -0.4 is 5.32 Å². The average molecular weight is 447 g/mol. The van der Waals surface area contributed by atoms with Gasteiger partial charge in [-0.3, -0.25) is 9.59 Å². The first kappa shape index (κ1) is 21.0. The van der Waals surface area contributed by atoms with E-state index in [4.69, 9.17) is 16.7 Å². The number of hydrogen-bond acceptors (Lipinski definition) is 6. The maximum atomic E-state index is 12.3. The van der Waals surface area contributed by atoms with Gasteiger partial charge >= 0.3 is 5.97 Å². The molecule has 1 heterocycles. The number of benzene rings is 2. The number of aromatic nitrogens is 1. The lowest BCUT2D eigenvalue weighted by Gasteiger charge is -2.04. The first-order valence-electron chi connectivity index (χ1n) is 8.40. The normalized spacial score (nSPS) is 10.5. The number of nitrogens with zero attached hydrogens (tertiary/aromatic N) is 1. The van der Waals surface area contributed by atoms with Crippen LogP contribution in [0, 0.1) is 0 Å². The average Bonchev–Trinajstić information content (AvgIpc) is 3.19. The fourth-order valence-corrected chi connectivity index (χ4v) is 4.45. The van der Waals surface area contributed by atoms with Crippen molar-refractivity contribution in [1.29, 1.82) is 0 Å². The van der Waals surface area contributed by atoms with E-state index in [1.165, 1.54) is 23.9 Å². The van der Waals surface area contributed by atoms with Gasteiger partial charge < -0.3 is 10.4 Å². The Morgan fingerprint density at radius 2 is 1.86 bits per heavy atom. The van der Waals surface area contributed by atoms with Crippen molar-refractivity contribution >= 4 is 52.4 Å². The third-order valence-corrected chi connectivity index (χ3v) is 6.28. The van der Waals surface area contributed by atoms with E-state index in [1.54, 1.807) is 24.4 Å². The van der Waals surface area contributed by atoms with E-state index < -0.39 is 17.7 Å². The summed E-state index contributed by atoms with van der Waals surface area (Å²) in [6.45, 7) is 0.0490. The van der Waals surface area contributed by atoms with Crippen LogP contribution in [-0.2, 0) is 17.1 Å². The van der Waals surface area contributed by atoms with Gasteiger partial charge in [0.05, 0.1) is 16.0 Å². The highest BCUT2D eigenvalue weighted by Gasteiger charge is 2.20. The molecule has 3 rings (SSSR count). The van der Waals surface area contributed by atoms with Gasteiger partial charge in [-0.1, -0.05) is 35.9 Å². The number of carboxylic acid groups (broad SMARTS) is 1. The minimum absolute atomic E-state index is 0.0490. The van der Waals surface area contributed by atoms with Crippen molar-refractivity contribution in [2.24, 2.45) is 0 Å². The number of Topliss-reactive ketones (excluding diaryl/α,β-unsaturated/α-hetero) is 1. The largest absolute Gasteiger partial charge is 0.478 e. The summed E-state index contributed by atoms with van der Waals surface area (Å²) in [5.41, 5.74) is 1.75. The molecule has 0 unspecified atom stereocenters. The Morgan fingerprint density at radius 3 is 2.62 bits per heavy atom. The van der Waals surface area contributed by atoms with Gasteiger partial charge in [0.15, 0.2) is 5.01 Å². The molecule has 6 nitrogen and oxygen atoms in total. The van der Waals surface area contributed by atoms with E-state index in [0.29, 0.717) is 16.3 Å². The Labute approximate surface area is 179 Å². The third kappa shape index (κ3) is 5.90. The van der Waals surface area contributed by atoms with E-state index in [2.05, 4.69) is 10.3 Å². The fourth-order valence-electron chi connectivity index (χ4n) is 2.39. The summed E-state index contributed by atoms with van der Waals surface area (Å²) >= 11 is 8.62. The Kier molecular flexibility index (Phi) is 7.03. The zero-order chi connectivity index (χ0) is 20.8. The summed E-state index contributed by atoms with van der Waals surface area (Å²) < 4.78 is 0.815. The van der Waals surface area contributed by atoms with Crippen LogP contribution in [0.4, 0.5) is 0 Å². The Morgan fingerprint density at radius 1 is 1.10 bits per heavy atom. The number of aromatic carboxylic acids is 1. The van der Waals surface area contributed by atoms with Gasteiger partial charge in [0.2, 0.25) is 0 Å². The van der Waals surface area contributed by atoms with Crippen LogP contribution in [0.15, 0.2) is 58.9 Å². The predicted molar refractivity (Wildman–Crippen MR) is 113 cm³/mol. The molecule has 29 heavy (non-hydrogen) atoms. The van der Waals surface area contributed by atoms with E-state index in [-0.39, 0.29) is 17.1 Å². The van der Waals surface area contributed by atoms with E-state index in [9.17, 15) is 14.4 Å². The highest BCUT2D eigenvalue weighted by Crippen LogP contribution is 2.29. The second-order valence-electron chi connectivity index (χ2n) is 5.92. The molecule has 9 heteroatoms. The molecule has 2 aromatic carbocycles. The summed E-state index contributed by atoms with van der Waals surface area (Å²) in [5.74, 6) is -1.90. The van der Waals surface area contributed by atoms with Gasteiger partial charge in [-0.05, 0) is 35.4 Å². The third-order valence-electron chi connectivity index (χ3n) is 3.78. The number of hydrogen-bond donors (Lipinski definition) is 2. The second-order valence-corrected chi connectivity index (χ2v) is 8.66. The lowest BCUT2D eigenvalue weighted by Crippen LogP contribution is -2.30. The Hall–Kier alpha value is -2.68. The van der Waals surface area contributed by atoms with Gasteiger partial charge in [0.25, 0.3) is 11.7 Å². The minimum Gasteiger partial charge on any atom is -0.478 e. The number of thioether (sulfide) groups is 1. The second kappa shape index (κ2) is 9.69. The predicted octanol–water partition coefficient (Wildman–Crippen LogP) is 4.29. The number of carbonyl (C=O) groups excluding carboxylic acids is 2. The monoisotopic (exact) mass is 446 g/mol. The molecule has 1 aromatic heterocycles. The number of rotatable bonds is 8. The van der Waals surface area contributed by atoms with E-state index in [1.807, 2.05) is 18.2 Å². The van der Waals surface area contributed by atoms with Crippen molar-refractivity contribution in [2.75, 3.05) is 0 Å². The van der Waals surface area contributed by atoms with Crippen molar-refractivity contribution in [2.45, 2.75) is 16.5 Å². The van der Waals surface area contributed by atoms with Gasteiger partial charge in [0, 0.05) is 17.3 Å². The standard InChI is InChI=1S/C20H15ClN2O4S2/c21-15-6-2-4-13(8-15)11-28-16-10-23-19(29-16)17(24)18(25)22-9-12-3-1-5-14(7-12)20(26)27/h1-8,10H,9,11H2,(H,22,25)(H,26,27). The quantitative estimate of drug-likeness (QED) is 0.304. The van der Waals surface area contributed by atoms with E-state index in [0.717, 1.165) is 21.1 Å². The molecule has 0 spiro atoms. The zero-order valence-electron chi connectivity index (χ0n) is 14.9. The van der Waals surface area contributed by atoms with E-state index >= 15 is 0 Å². The number of carbonyl (C=O) groups is 3. The molecule has 0 radical (unpaired) electrons. The van der Waals surface area contributed by atoms with Crippen molar-refractivity contribution in [3.8, 4) is 0 Å². The fraction of sp³-hybridized carbons (Fsp3) is 0.100. The molecule has 1 amide bonds. The molecular formula is C20H15ClN2O4S2. The number of thiazole rings is 1. The van der Waals surface area contributed by atoms with Crippen molar-refractivity contribution in [3.05, 3.63) is 81.4 Å². The zero-order valence-corrected chi connectivity index (χ0v) is 17.3. The summed E-state index contributed by atoms with van der Waals surface area (Å²) in [5, 5.41) is 12.3. The van der Waals surface area contributed by atoms with Crippen molar-refractivity contribution in [3.63, 3.8) is 0 Å². The summed E-state index contributed by atoms with van der Waals surface area (Å²) in [6.07, 6.45) is 1.57. The molecule has 0 aliphatic rings. The topological polar surface area (TPSA) is 96.4 Å². The van der Waals surface area contributed by atoms with Crippen LogP contribution in [0.5, 0.6) is 0 Å². The van der Waals surface area contributed by atoms with Gasteiger partial charge in [-0.2, -0.15) is 0 Å². The van der Waals surface area contributed by atoms with Crippen LogP contribution >= 0.6 is 34.7 Å². The Bertz CT molecular complexity index is 1070. The number of carboxylic acids is 1. The van der Waals surface area contributed by atoms with Crippen molar-refractivity contribution < 1.29 is 19.5 Å². The maximum absolute atomic E-state index is 12.3. The van der Waals surface area contributed by atoms with Crippen LogP contribution in [-0.4, -0.2) is 27.8 Å². The number of halogens is 1. The number of amides is 1. The molecule has 0 fully saturated rings. The molecular weight excluding hydrogens is 432 g/mol. The molecule has 0 aliphatic heterocycles. The van der Waals surface area contributed by atoms with Crippen LogP contribution in [0.25, 0.3) is 0 Å². The lowest BCUT2D eigenvalue weighted by atomic mass is 10.1. The SMILES string of the molecule is O=C(NCc1cccc(C(=O)O)c1)C(=O)c1ncc(SCc2cccc(Cl)c2)s1. The van der Waals surface area contributed by atoms with Crippen molar-refractivity contribution in [1.82, 2.24) is 10.3 Å². The lowest BCUT2D eigenvalue weighted by molar-refractivity contribution is -0.117.